The van der Waals surface area contributed by atoms with Gasteiger partial charge in [-0.15, -0.1) is 0 Å². The molecule has 98 valence electrons. The van der Waals surface area contributed by atoms with Crippen molar-refractivity contribution < 1.29 is 4.79 Å². The van der Waals surface area contributed by atoms with Gasteiger partial charge < -0.3 is 4.90 Å². The molecule has 0 saturated heterocycles. The Balaban J connectivity index is 1.82. The fraction of sp³-hybridized carbons (Fsp3) is 0.188. The van der Waals surface area contributed by atoms with Gasteiger partial charge in [-0.1, -0.05) is 30.3 Å². The molecular weight excluding hydrogens is 250 g/mol. The average Bonchev–Trinajstić information content (AvgIpc) is 2.77. The van der Waals surface area contributed by atoms with Gasteiger partial charge in [0.1, 0.15) is 0 Å². The van der Waals surface area contributed by atoms with E-state index in [4.69, 9.17) is 5.26 Å². The molecule has 1 aliphatic rings. The molecule has 0 fully saturated rings. The molecule has 0 saturated carbocycles. The minimum absolute atomic E-state index is 0.0189. The molecule has 0 bridgehead atoms. The van der Waals surface area contributed by atoms with E-state index in [1.807, 2.05) is 30.3 Å². The summed E-state index contributed by atoms with van der Waals surface area (Å²) in [6, 6.07) is 13.7. The average molecular weight is 263 g/mol. The van der Waals surface area contributed by atoms with Crippen molar-refractivity contribution >= 4 is 5.91 Å². The highest BCUT2D eigenvalue weighted by Crippen LogP contribution is 2.24. The third kappa shape index (κ3) is 2.26. The molecule has 4 nitrogen and oxygen atoms in total. The summed E-state index contributed by atoms with van der Waals surface area (Å²) in [5.41, 5.74) is 3.38. The summed E-state index contributed by atoms with van der Waals surface area (Å²) in [7, 11) is 0. The summed E-state index contributed by atoms with van der Waals surface area (Å²) in [5.74, 6) is 0.0189. The van der Waals surface area contributed by atoms with Crippen LogP contribution in [0.1, 0.15) is 27.2 Å². The highest BCUT2D eigenvalue weighted by molar-refractivity contribution is 5.98. The molecule has 1 aromatic heterocycles. The Hall–Kier alpha value is -2.67. The van der Waals surface area contributed by atoms with Gasteiger partial charge >= 0.3 is 0 Å². The maximum atomic E-state index is 12.4. The van der Waals surface area contributed by atoms with Gasteiger partial charge in [0, 0.05) is 30.4 Å². The highest BCUT2D eigenvalue weighted by Gasteiger charge is 2.27. The molecule has 1 aliphatic heterocycles. The number of benzene rings is 1. The van der Waals surface area contributed by atoms with E-state index in [0.717, 1.165) is 11.1 Å². The van der Waals surface area contributed by atoms with E-state index < -0.39 is 0 Å². The first-order valence-electron chi connectivity index (χ1n) is 6.46. The number of rotatable bonds is 3. The zero-order valence-corrected chi connectivity index (χ0v) is 10.9. The molecule has 1 aromatic carbocycles. The molecule has 0 atom stereocenters. The van der Waals surface area contributed by atoms with Crippen molar-refractivity contribution in [2.75, 3.05) is 0 Å². The van der Waals surface area contributed by atoms with E-state index >= 15 is 0 Å². The second kappa shape index (κ2) is 5.14. The Kier molecular flexibility index (Phi) is 3.18. The van der Waals surface area contributed by atoms with Gasteiger partial charge in [-0.05, 0) is 11.6 Å². The van der Waals surface area contributed by atoms with E-state index in [-0.39, 0.29) is 12.3 Å². The summed E-state index contributed by atoms with van der Waals surface area (Å²) >= 11 is 0. The lowest BCUT2D eigenvalue weighted by Crippen LogP contribution is -2.23. The van der Waals surface area contributed by atoms with Gasteiger partial charge in [0.25, 0.3) is 5.91 Å². The zero-order chi connectivity index (χ0) is 13.9. The number of carbonyl (C=O) groups excluding carboxylic acids is 1. The normalized spacial score (nSPS) is 13.2. The molecule has 0 radical (unpaired) electrons. The van der Waals surface area contributed by atoms with Crippen LogP contribution in [0.25, 0.3) is 0 Å². The summed E-state index contributed by atoms with van der Waals surface area (Å²) in [4.78, 5) is 18.4. The van der Waals surface area contributed by atoms with Crippen LogP contribution >= 0.6 is 0 Å². The molecule has 3 rings (SSSR count). The molecule has 20 heavy (non-hydrogen) atoms. The van der Waals surface area contributed by atoms with E-state index in [1.54, 1.807) is 17.2 Å². The lowest BCUT2D eigenvalue weighted by atomic mass is 10.1. The van der Waals surface area contributed by atoms with Crippen molar-refractivity contribution in [2.45, 2.75) is 19.5 Å². The maximum Gasteiger partial charge on any atom is 0.254 e. The van der Waals surface area contributed by atoms with Crippen molar-refractivity contribution in [3.63, 3.8) is 0 Å². The predicted molar refractivity (Wildman–Crippen MR) is 73.6 cm³/mol. The van der Waals surface area contributed by atoms with E-state index in [9.17, 15) is 4.79 Å². The number of nitriles is 1. The lowest BCUT2D eigenvalue weighted by molar-refractivity contribution is 0.0766. The van der Waals surface area contributed by atoms with Crippen LogP contribution in [-0.2, 0) is 19.5 Å². The summed E-state index contributed by atoms with van der Waals surface area (Å²) in [6.07, 6.45) is 1.95. The molecule has 2 aromatic rings. The minimum atomic E-state index is 0.0189. The zero-order valence-electron chi connectivity index (χ0n) is 10.9. The second-order valence-electron chi connectivity index (χ2n) is 4.81. The van der Waals surface area contributed by atoms with Crippen molar-refractivity contribution in [2.24, 2.45) is 0 Å². The van der Waals surface area contributed by atoms with E-state index in [2.05, 4.69) is 11.1 Å². The predicted octanol–water partition coefficient (Wildman–Crippen LogP) is 2.30. The topological polar surface area (TPSA) is 57.0 Å². The Labute approximate surface area is 117 Å². The number of aromatic nitrogens is 1. The van der Waals surface area contributed by atoms with E-state index in [0.29, 0.717) is 24.3 Å². The first-order valence-corrected chi connectivity index (χ1v) is 6.46. The van der Waals surface area contributed by atoms with Crippen LogP contribution in [0.4, 0.5) is 0 Å². The van der Waals surface area contributed by atoms with Crippen LogP contribution in [0.3, 0.4) is 0 Å². The Morgan fingerprint density at radius 1 is 1.30 bits per heavy atom. The Bertz CT molecular complexity index is 689. The fourth-order valence-electron chi connectivity index (χ4n) is 2.41. The Morgan fingerprint density at radius 2 is 2.10 bits per heavy atom. The summed E-state index contributed by atoms with van der Waals surface area (Å²) < 4.78 is 0. The fourth-order valence-corrected chi connectivity index (χ4v) is 2.41. The molecule has 0 spiro atoms. The van der Waals surface area contributed by atoms with Crippen LogP contribution in [0.15, 0.2) is 42.6 Å². The van der Waals surface area contributed by atoms with Gasteiger partial charge in [0.15, 0.2) is 0 Å². The van der Waals surface area contributed by atoms with Crippen LogP contribution in [-0.4, -0.2) is 15.8 Å². The largest absolute Gasteiger partial charge is 0.330 e. The number of amides is 1. The summed E-state index contributed by atoms with van der Waals surface area (Å²) in [5, 5.41) is 8.70. The number of carbonyl (C=O) groups is 1. The van der Waals surface area contributed by atoms with Crippen molar-refractivity contribution in [3.8, 4) is 6.07 Å². The van der Waals surface area contributed by atoms with Crippen LogP contribution in [0, 0.1) is 11.3 Å². The van der Waals surface area contributed by atoms with Crippen molar-refractivity contribution in [1.29, 1.82) is 5.26 Å². The van der Waals surface area contributed by atoms with Crippen LogP contribution in [0.2, 0.25) is 0 Å². The number of hydrogen-bond acceptors (Lipinski definition) is 3. The smallest absolute Gasteiger partial charge is 0.254 e. The van der Waals surface area contributed by atoms with Gasteiger partial charge in [-0.25, -0.2) is 0 Å². The molecule has 2 heterocycles. The Morgan fingerprint density at radius 3 is 2.85 bits per heavy atom. The molecule has 0 unspecified atom stereocenters. The third-order valence-corrected chi connectivity index (χ3v) is 3.40. The van der Waals surface area contributed by atoms with Crippen LogP contribution < -0.4 is 0 Å². The molecule has 0 aliphatic carbocycles. The number of nitrogens with zero attached hydrogens (tertiary/aromatic N) is 3. The second-order valence-corrected chi connectivity index (χ2v) is 4.81. The van der Waals surface area contributed by atoms with Crippen molar-refractivity contribution in [1.82, 2.24) is 9.88 Å². The van der Waals surface area contributed by atoms with Crippen molar-refractivity contribution in [3.05, 3.63) is 65.0 Å². The molecule has 4 heteroatoms. The van der Waals surface area contributed by atoms with Gasteiger partial charge in [0.2, 0.25) is 0 Å². The first-order chi connectivity index (χ1) is 9.78. The van der Waals surface area contributed by atoms with E-state index in [1.165, 1.54) is 0 Å². The first kappa shape index (κ1) is 12.4. The SMILES string of the molecule is N#CCc1cc2c(cn1)CN(Cc1ccccc1)C2=O. The number of hydrogen-bond donors (Lipinski definition) is 0. The van der Waals surface area contributed by atoms with Crippen LogP contribution in [0.5, 0.6) is 0 Å². The minimum Gasteiger partial charge on any atom is -0.330 e. The third-order valence-electron chi connectivity index (χ3n) is 3.40. The summed E-state index contributed by atoms with van der Waals surface area (Å²) in [6.45, 7) is 1.19. The van der Waals surface area contributed by atoms with Gasteiger partial charge in [-0.2, -0.15) is 5.26 Å². The monoisotopic (exact) mass is 263 g/mol. The molecule has 1 amide bonds. The standard InChI is InChI=1S/C16H13N3O/c17-7-6-14-8-15-13(9-18-14)11-19(16(15)20)10-12-4-2-1-3-5-12/h1-5,8-9H,6,10-11H2. The quantitative estimate of drug-likeness (QED) is 0.853. The number of fused-ring (bicyclic) bond motifs is 1. The highest BCUT2D eigenvalue weighted by atomic mass is 16.2. The molecule has 0 N–H and O–H groups in total. The van der Waals surface area contributed by atoms with Gasteiger partial charge in [-0.3, -0.25) is 9.78 Å². The number of pyridine rings is 1. The maximum absolute atomic E-state index is 12.4. The molecular formula is C16H13N3O. The lowest BCUT2D eigenvalue weighted by Gasteiger charge is -2.15. The van der Waals surface area contributed by atoms with Gasteiger partial charge in [0.05, 0.1) is 18.2 Å².